The number of nitro groups is 2. The van der Waals surface area contributed by atoms with Crippen LogP contribution < -0.4 is 38.5 Å². The molecule has 21 nitrogen and oxygen atoms in total. The molecule has 2 aliphatic heterocycles. The van der Waals surface area contributed by atoms with E-state index in [1.807, 2.05) is 6.26 Å². The predicted octanol–water partition coefficient (Wildman–Crippen LogP) is 10.2. The van der Waals surface area contributed by atoms with E-state index in [2.05, 4.69) is 19.9 Å². The molecule has 0 aliphatic carbocycles. The van der Waals surface area contributed by atoms with Gasteiger partial charge in [-0.2, -0.15) is 0 Å². The van der Waals surface area contributed by atoms with Crippen molar-refractivity contribution in [1.82, 2.24) is 19.9 Å². The summed E-state index contributed by atoms with van der Waals surface area (Å²) in [7, 11) is 4.21. The lowest BCUT2D eigenvalue weighted by atomic mass is 10.1. The first kappa shape index (κ1) is 52.1. The third-order valence-electron chi connectivity index (χ3n) is 10.7. The van der Waals surface area contributed by atoms with Crippen molar-refractivity contribution in [3.63, 3.8) is 0 Å². The van der Waals surface area contributed by atoms with Crippen LogP contribution in [0.5, 0.6) is 23.0 Å². The summed E-state index contributed by atoms with van der Waals surface area (Å²) in [6, 6.07) is 13.9. The van der Waals surface area contributed by atoms with E-state index < -0.39 is 32.7 Å². The number of non-ortho nitro benzene ring substituents is 2. The number of urea groups is 2. The molecule has 0 N–H and O–H groups in total. The average molecular weight is 1090 g/mol. The van der Waals surface area contributed by atoms with Gasteiger partial charge in [0.05, 0.1) is 86.6 Å². The maximum atomic E-state index is 13.9. The molecule has 4 heterocycles. The van der Waals surface area contributed by atoms with Crippen LogP contribution in [0.2, 0.25) is 20.1 Å². The van der Waals surface area contributed by atoms with Gasteiger partial charge in [-0.3, -0.25) is 44.0 Å². The molecule has 1 unspecified atom stereocenters. The number of benzene rings is 4. The van der Waals surface area contributed by atoms with Gasteiger partial charge < -0.3 is 18.9 Å². The molecule has 4 aromatic carbocycles. The highest BCUT2D eigenvalue weighted by molar-refractivity contribution is 7.98. The summed E-state index contributed by atoms with van der Waals surface area (Å²) < 4.78 is 33.4. The second kappa shape index (κ2) is 22.1. The second-order valence-electron chi connectivity index (χ2n) is 14.9. The fourth-order valence-corrected chi connectivity index (χ4v) is 9.56. The number of anilines is 4. The van der Waals surface area contributed by atoms with Crippen molar-refractivity contribution in [2.24, 2.45) is 0 Å². The number of hydrogen-bond donors (Lipinski definition) is 0. The fourth-order valence-electron chi connectivity index (χ4n) is 7.40. The summed E-state index contributed by atoms with van der Waals surface area (Å²) in [6.07, 6.45) is 6.35. The minimum absolute atomic E-state index is 0.00794. The molecule has 27 heteroatoms. The number of ether oxygens (including phenoxy) is 4. The molecule has 6 aromatic rings. The number of nitrogens with zero attached hydrogens (tertiary/aromatic N) is 10. The molecule has 0 saturated carbocycles. The van der Waals surface area contributed by atoms with E-state index in [-0.39, 0.29) is 103 Å². The third kappa shape index (κ3) is 10.6. The van der Waals surface area contributed by atoms with E-state index in [1.165, 1.54) is 115 Å². The second-order valence-corrected chi connectivity index (χ2v) is 18.5. The van der Waals surface area contributed by atoms with Crippen molar-refractivity contribution < 1.29 is 42.6 Å². The molecule has 2 aliphatic rings. The number of aromatic nitrogens is 4. The van der Waals surface area contributed by atoms with Gasteiger partial charge in [-0.1, -0.05) is 82.4 Å². The summed E-state index contributed by atoms with van der Waals surface area (Å²) in [4.78, 5) is 72.1. The molecule has 0 radical (unpaired) electrons. The Hall–Kier alpha value is -6.76. The monoisotopic (exact) mass is 1090 g/mol. The summed E-state index contributed by atoms with van der Waals surface area (Å²) in [5.41, 5.74) is 2.32. The number of nitro benzene ring substituents is 2. The van der Waals surface area contributed by atoms with Crippen LogP contribution in [0.15, 0.2) is 83.4 Å². The first-order valence-electron chi connectivity index (χ1n) is 20.4. The van der Waals surface area contributed by atoms with Crippen LogP contribution in [-0.2, 0) is 37.0 Å². The number of methoxy groups -OCH3 is 4. The lowest BCUT2D eigenvalue weighted by Gasteiger charge is -2.37. The van der Waals surface area contributed by atoms with Crippen molar-refractivity contribution in [2.75, 3.05) is 60.6 Å². The Morgan fingerprint density at radius 3 is 1.41 bits per heavy atom. The lowest BCUT2D eigenvalue weighted by Crippen LogP contribution is -2.48. The highest BCUT2D eigenvalue weighted by Gasteiger charge is 2.39. The van der Waals surface area contributed by atoms with Gasteiger partial charge in [0.1, 0.15) is 54.7 Å². The predicted molar refractivity (Wildman–Crippen MR) is 269 cm³/mol. The Kier molecular flexibility index (Phi) is 16.2. The smallest absolute Gasteiger partial charge is 0.330 e. The number of carbonyl (C=O) groups excluding carboxylic acids is 2. The summed E-state index contributed by atoms with van der Waals surface area (Å²) in [5.74, 6) is 1.67. The summed E-state index contributed by atoms with van der Waals surface area (Å²) in [6.45, 7) is 0.0222. The molecular formula is C44H38Cl4N10O11S2. The standard InChI is InChI=1S/C22H19Cl2N5O6S.C22H19Cl2N5O5S/c1-34-15-8-16(35-2)18(24)19(17(15)23)27-11-13-9-25-21(36(3)33)26-20(13)28(22(27)30)10-12-5-4-6-14(7-12)29(31)32;1-33-15-8-16(34-2)18(24)19(17(15)23)27-11-13-9-25-21(35-3)26-20(13)28(22(27)30)10-12-5-4-6-14(7-12)29(31)32/h4-9H,10-11H2,1-3H3;4-9H,10-11H2,1-3H3. The normalized spacial score (nSPS) is 13.4. The van der Waals surface area contributed by atoms with Crippen molar-refractivity contribution in [3.05, 3.63) is 136 Å². The van der Waals surface area contributed by atoms with Crippen LogP contribution >= 0.6 is 58.2 Å². The van der Waals surface area contributed by atoms with Crippen LogP contribution in [0.3, 0.4) is 0 Å². The Bertz CT molecular complexity index is 3090. The van der Waals surface area contributed by atoms with E-state index in [0.29, 0.717) is 33.2 Å². The van der Waals surface area contributed by atoms with Gasteiger partial charge in [-0.05, 0) is 17.4 Å². The number of thioether (sulfide) groups is 1. The SMILES string of the molecule is COc1cc(OC)c(Cl)c(N2Cc3cnc(S(C)=O)nc3N(Cc3cccc([N+](=O)[O-])c3)C2=O)c1Cl.COc1cc(OC)c(Cl)c(N2Cc3cnc(SC)nc3N(Cc3cccc([N+](=O)[O-])c3)C2=O)c1Cl. The zero-order chi connectivity index (χ0) is 51.4. The molecule has 370 valence electrons. The summed E-state index contributed by atoms with van der Waals surface area (Å²) in [5, 5.41) is 23.5. The molecule has 0 saturated heterocycles. The highest BCUT2D eigenvalue weighted by atomic mass is 35.5. The van der Waals surface area contributed by atoms with Gasteiger partial charge in [-0.15, -0.1) is 0 Å². The lowest BCUT2D eigenvalue weighted by molar-refractivity contribution is -0.385. The van der Waals surface area contributed by atoms with Crippen LogP contribution in [0.25, 0.3) is 0 Å². The maximum absolute atomic E-state index is 13.9. The number of rotatable bonds is 14. The highest BCUT2D eigenvalue weighted by Crippen LogP contribution is 2.50. The molecule has 0 spiro atoms. The summed E-state index contributed by atoms with van der Waals surface area (Å²) >= 11 is 27.7. The van der Waals surface area contributed by atoms with Gasteiger partial charge in [0.25, 0.3) is 11.4 Å². The van der Waals surface area contributed by atoms with Gasteiger partial charge in [0.15, 0.2) is 5.16 Å². The minimum atomic E-state index is -1.51. The van der Waals surface area contributed by atoms with Crippen molar-refractivity contribution in [1.29, 1.82) is 0 Å². The largest absolute Gasteiger partial charge is 0.495 e. The molecular weight excluding hydrogens is 1050 g/mol. The molecule has 71 heavy (non-hydrogen) atoms. The van der Waals surface area contributed by atoms with Gasteiger partial charge >= 0.3 is 12.1 Å². The number of amides is 4. The van der Waals surface area contributed by atoms with Gasteiger partial charge in [0.2, 0.25) is 5.16 Å². The topological polar surface area (TPSA) is 239 Å². The van der Waals surface area contributed by atoms with Crippen LogP contribution in [0.4, 0.5) is 44.0 Å². The maximum Gasteiger partial charge on any atom is 0.330 e. The van der Waals surface area contributed by atoms with Crippen LogP contribution in [0.1, 0.15) is 22.3 Å². The Balaban J connectivity index is 0.000000209. The van der Waals surface area contributed by atoms with E-state index >= 15 is 0 Å². The van der Waals surface area contributed by atoms with E-state index in [1.54, 1.807) is 24.4 Å². The number of hydrogen-bond acceptors (Lipinski definition) is 16. The first-order chi connectivity index (χ1) is 33.9. The zero-order valence-electron chi connectivity index (χ0n) is 38.0. The average Bonchev–Trinajstić information content (AvgIpc) is 3.36. The quantitative estimate of drug-likeness (QED) is 0.0426. The van der Waals surface area contributed by atoms with E-state index in [4.69, 9.17) is 65.4 Å². The van der Waals surface area contributed by atoms with Gasteiger partial charge in [-0.25, -0.2) is 29.5 Å². The van der Waals surface area contributed by atoms with Crippen LogP contribution in [0, 0.1) is 20.2 Å². The van der Waals surface area contributed by atoms with Crippen molar-refractivity contribution >= 4 is 115 Å². The molecule has 0 fully saturated rings. The zero-order valence-corrected chi connectivity index (χ0v) is 42.7. The molecule has 8 rings (SSSR count). The number of carbonyl (C=O) groups is 2. The Morgan fingerprint density at radius 2 is 1.04 bits per heavy atom. The van der Waals surface area contributed by atoms with Crippen molar-refractivity contribution in [3.8, 4) is 23.0 Å². The number of halogens is 4. The molecule has 4 amide bonds. The number of fused-ring (bicyclic) bond motifs is 2. The van der Waals surface area contributed by atoms with Crippen molar-refractivity contribution in [2.45, 2.75) is 36.5 Å². The third-order valence-corrected chi connectivity index (χ3v) is 13.5. The minimum Gasteiger partial charge on any atom is -0.495 e. The Morgan fingerprint density at radius 1 is 0.648 bits per heavy atom. The van der Waals surface area contributed by atoms with E-state index in [0.717, 1.165) is 0 Å². The first-order valence-corrected chi connectivity index (χ1v) is 24.7. The van der Waals surface area contributed by atoms with Gasteiger partial charge in [0, 0.05) is 66.2 Å². The van der Waals surface area contributed by atoms with E-state index in [9.17, 15) is 34.0 Å². The molecule has 1 atom stereocenters. The Labute approximate surface area is 431 Å². The van der Waals surface area contributed by atoms with Crippen LogP contribution in [-0.4, -0.2) is 87.0 Å². The fraction of sp³-hybridized carbons (Fsp3) is 0.227. The molecule has 2 aromatic heterocycles. The molecule has 0 bridgehead atoms.